The van der Waals surface area contributed by atoms with E-state index in [1.165, 1.54) is 6.20 Å². The summed E-state index contributed by atoms with van der Waals surface area (Å²) in [5.41, 5.74) is 5.97. The molecule has 0 amide bonds. The number of aromatic nitrogens is 1. The van der Waals surface area contributed by atoms with Crippen LogP contribution in [0.2, 0.25) is 0 Å². The topological polar surface area (TPSA) is 73.0 Å². The summed E-state index contributed by atoms with van der Waals surface area (Å²) in [6, 6.07) is 1.65. The molecule has 0 aliphatic rings. The van der Waals surface area contributed by atoms with Crippen molar-refractivity contribution in [2.75, 3.05) is 5.73 Å². The van der Waals surface area contributed by atoms with Gasteiger partial charge >= 0.3 is 0 Å². The van der Waals surface area contributed by atoms with Gasteiger partial charge < -0.3 is 5.73 Å². The maximum atomic E-state index is 10.4. The molecule has 0 saturated heterocycles. The van der Waals surface area contributed by atoms with Crippen molar-refractivity contribution in [1.82, 2.24) is 4.98 Å². The smallest absolute Gasteiger partial charge is 0.144 e. The van der Waals surface area contributed by atoms with Crippen molar-refractivity contribution in [2.45, 2.75) is 5.75 Å². The summed E-state index contributed by atoms with van der Waals surface area (Å²) in [6.45, 7) is 0. The minimum Gasteiger partial charge on any atom is -0.383 e. The minimum absolute atomic E-state index is 0.0619. The van der Waals surface area contributed by atoms with Crippen LogP contribution in [0.25, 0.3) is 0 Å². The van der Waals surface area contributed by atoms with Crippen molar-refractivity contribution >= 4 is 32.5 Å². The molecule has 66 valence electrons. The van der Waals surface area contributed by atoms with E-state index in [1.807, 2.05) is 0 Å². The van der Waals surface area contributed by atoms with Crippen LogP contribution in [0.1, 0.15) is 5.56 Å². The second-order valence-corrected chi connectivity index (χ2v) is 4.09. The lowest BCUT2D eigenvalue weighted by atomic mass is 10.3. The van der Waals surface area contributed by atoms with Crippen molar-refractivity contribution in [1.29, 1.82) is 0 Å². The molecule has 1 heterocycles. The van der Waals surface area contributed by atoms with E-state index in [2.05, 4.69) is 20.9 Å². The Labute approximate surface area is 79.9 Å². The lowest BCUT2D eigenvalue weighted by molar-refractivity contribution is 0.614. The highest BCUT2D eigenvalue weighted by molar-refractivity contribution is 9.10. The molecule has 1 aromatic rings. The third kappa shape index (κ3) is 2.46. The number of anilines is 1. The highest BCUT2D eigenvalue weighted by atomic mass is 79.9. The van der Waals surface area contributed by atoms with Crippen molar-refractivity contribution in [2.24, 2.45) is 0 Å². The number of thiol groups is 1. The fourth-order valence-corrected chi connectivity index (χ4v) is 1.67. The normalized spacial score (nSPS) is 10.5. The molecule has 0 bridgehead atoms. The molecule has 1 aromatic heterocycles. The van der Waals surface area contributed by atoms with Crippen molar-refractivity contribution < 1.29 is 8.42 Å². The van der Waals surface area contributed by atoms with Gasteiger partial charge in [-0.2, -0.15) is 0 Å². The zero-order valence-corrected chi connectivity index (χ0v) is 8.51. The second-order valence-electron chi connectivity index (χ2n) is 2.19. The standard InChI is InChI=1S/C6H7BrN2O2S/c7-5-1-4(3-12(10)11)6(8)9-2-5/h1-2,12H,3H2,(H2,8,9). The first-order valence-electron chi connectivity index (χ1n) is 3.11. The molecule has 0 saturated carbocycles. The first-order valence-corrected chi connectivity index (χ1v) is 5.27. The van der Waals surface area contributed by atoms with E-state index < -0.39 is 10.7 Å². The number of pyridine rings is 1. The van der Waals surface area contributed by atoms with Crippen LogP contribution in [0.3, 0.4) is 0 Å². The van der Waals surface area contributed by atoms with E-state index in [0.29, 0.717) is 5.56 Å². The van der Waals surface area contributed by atoms with Gasteiger partial charge in [0.1, 0.15) is 16.5 Å². The second kappa shape index (κ2) is 3.86. The number of hydrogen-bond acceptors (Lipinski definition) is 4. The van der Waals surface area contributed by atoms with Crippen LogP contribution in [-0.4, -0.2) is 13.4 Å². The maximum Gasteiger partial charge on any atom is 0.144 e. The number of hydrogen-bond donors (Lipinski definition) is 2. The van der Waals surface area contributed by atoms with E-state index in [1.54, 1.807) is 6.07 Å². The third-order valence-corrected chi connectivity index (χ3v) is 2.30. The quantitative estimate of drug-likeness (QED) is 0.752. The Kier molecular flexibility index (Phi) is 3.05. The van der Waals surface area contributed by atoms with Crippen LogP contribution in [-0.2, 0) is 16.5 Å². The molecule has 1 rings (SSSR count). The molecule has 0 aromatic carbocycles. The van der Waals surface area contributed by atoms with Gasteiger partial charge in [0.2, 0.25) is 0 Å². The number of nitrogens with zero attached hydrogens (tertiary/aromatic N) is 1. The van der Waals surface area contributed by atoms with Crippen molar-refractivity contribution in [3.8, 4) is 0 Å². The van der Waals surface area contributed by atoms with Crippen molar-refractivity contribution in [3.63, 3.8) is 0 Å². The van der Waals surface area contributed by atoms with E-state index in [4.69, 9.17) is 5.73 Å². The molecule has 0 aliphatic carbocycles. The Balaban J connectivity index is 3.05. The molecular formula is C6H7BrN2O2S. The van der Waals surface area contributed by atoms with Gasteiger partial charge in [0.15, 0.2) is 0 Å². The molecule has 4 nitrogen and oxygen atoms in total. The molecule has 0 fully saturated rings. The maximum absolute atomic E-state index is 10.4. The van der Waals surface area contributed by atoms with Crippen LogP contribution >= 0.6 is 15.9 Å². The van der Waals surface area contributed by atoms with E-state index in [9.17, 15) is 8.42 Å². The molecule has 0 aliphatic heterocycles. The summed E-state index contributed by atoms with van der Waals surface area (Å²) in [4.78, 5) is 3.80. The van der Waals surface area contributed by atoms with E-state index in [-0.39, 0.29) is 11.6 Å². The molecular weight excluding hydrogens is 244 g/mol. The lowest BCUT2D eigenvalue weighted by Crippen LogP contribution is -1.98. The third-order valence-electron chi connectivity index (χ3n) is 1.27. The summed E-state index contributed by atoms with van der Waals surface area (Å²) >= 11 is 3.17. The number of halogens is 1. The van der Waals surface area contributed by atoms with Gasteiger partial charge in [-0.1, -0.05) is 0 Å². The van der Waals surface area contributed by atoms with Gasteiger partial charge in [-0.15, -0.1) is 0 Å². The molecule has 0 atom stereocenters. The number of rotatable bonds is 2. The summed E-state index contributed by atoms with van der Waals surface area (Å²) in [7, 11) is -2.45. The van der Waals surface area contributed by atoms with Gasteiger partial charge in [0.05, 0.1) is 5.75 Å². The van der Waals surface area contributed by atoms with Gasteiger partial charge in [-0.05, 0) is 22.0 Å². The van der Waals surface area contributed by atoms with Crippen LogP contribution in [0.4, 0.5) is 5.82 Å². The predicted molar refractivity (Wildman–Crippen MR) is 50.4 cm³/mol. The van der Waals surface area contributed by atoms with Crippen molar-refractivity contribution in [3.05, 3.63) is 22.3 Å². The lowest BCUT2D eigenvalue weighted by Gasteiger charge is -1.99. The first-order chi connectivity index (χ1) is 5.59. The van der Waals surface area contributed by atoms with Gasteiger partial charge in [-0.25, -0.2) is 13.4 Å². The van der Waals surface area contributed by atoms with Crippen LogP contribution in [0, 0.1) is 0 Å². The fourth-order valence-electron chi connectivity index (χ4n) is 0.758. The molecule has 2 N–H and O–H groups in total. The summed E-state index contributed by atoms with van der Waals surface area (Å²) in [5, 5.41) is 0. The highest BCUT2D eigenvalue weighted by Crippen LogP contribution is 2.15. The zero-order chi connectivity index (χ0) is 9.14. The first kappa shape index (κ1) is 9.47. The van der Waals surface area contributed by atoms with Gasteiger partial charge in [0.25, 0.3) is 0 Å². The zero-order valence-electron chi connectivity index (χ0n) is 6.03. The SMILES string of the molecule is Nc1ncc(Br)cc1C[SH](=O)=O. The Morgan fingerprint density at radius 3 is 2.83 bits per heavy atom. The summed E-state index contributed by atoms with van der Waals surface area (Å²) in [5.74, 6) is 0.200. The molecule has 0 unspecified atom stereocenters. The molecule has 0 radical (unpaired) electrons. The van der Waals surface area contributed by atoms with E-state index in [0.717, 1.165) is 4.47 Å². The van der Waals surface area contributed by atoms with Crippen LogP contribution < -0.4 is 5.73 Å². The van der Waals surface area contributed by atoms with E-state index >= 15 is 0 Å². The number of nitrogen functional groups attached to an aromatic ring is 1. The Hall–Kier alpha value is -0.620. The monoisotopic (exact) mass is 250 g/mol. The average Bonchev–Trinajstić information content (AvgIpc) is 1.96. The minimum atomic E-state index is -2.45. The van der Waals surface area contributed by atoms with Crippen LogP contribution in [0.5, 0.6) is 0 Å². The van der Waals surface area contributed by atoms with Crippen LogP contribution in [0.15, 0.2) is 16.7 Å². The van der Waals surface area contributed by atoms with Gasteiger partial charge in [0, 0.05) is 16.2 Å². The Morgan fingerprint density at radius 2 is 2.25 bits per heavy atom. The largest absolute Gasteiger partial charge is 0.383 e. The average molecular weight is 251 g/mol. The summed E-state index contributed by atoms with van der Waals surface area (Å²) in [6.07, 6.45) is 1.52. The Bertz CT molecular complexity index is 357. The fraction of sp³-hybridized carbons (Fsp3) is 0.167. The highest BCUT2D eigenvalue weighted by Gasteiger charge is 2.01. The molecule has 6 heteroatoms. The number of nitrogens with two attached hydrogens (primary N) is 1. The molecule has 12 heavy (non-hydrogen) atoms. The van der Waals surface area contributed by atoms with Gasteiger partial charge in [-0.3, -0.25) is 0 Å². The molecule has 0 spiro atoms. The Morgan fingerprint density at radius 1 is 1.58 bits per heavy atom. The predicted octanol–water partition coefficient (Wildman–Crippen LogP) is 0.538. The summed E-state index contributed by atoms with van der Waals surface area (Å²) < 4.78 is 21.5.